The number of hydrogen-bond acceptors (Lipinski definition) is 5. The van der Waals surface area contributed by atoms with Crippen molar-refractivity contribution in [3.8, 4) is 0 Å². The van der Waals surface area contributed by atoms with Gasteiger partial charge in [-0.3, -0.25) is 9.59 Å². The van der Waals surface area contributed by atoms with E-state index in [1.54, 1.807) is 0 Å². The number of carbonyl (C=O) groups is 3. The van der Waals surface area contributed by atoms with Crippen LogP contribution >= 0.6 is 0 Å². The summed E-state index contributed by atoms with van der Waals surface area (Å²) in [6.07, 6.45) is 6.69. The molecule has 0 radical (unpaired) electrons. The first kappa shape index (κ1) is 19.6. The van der Waals surface area contributed by atoms with Crippen molar-refractivity contribution in [3.63, 3.8) is 0 Å². The quantitative estimate of drug-likeness (QED) is 0.344. The van der Waals surface area contributed by atoms with E-state index in [0.717, 1.165) is 32.1 Å². The molecule has 1 aliphatic rings. The van der Waals surface area contributed by atoms with Gasteiger partial charge in [0.15, 0.2) is 0 Å². The van der Waals surface area contributed by atoms with E-state index in [0.29, 0.717) is 19.4 Å². The van der Waals surface area contributed by atoms with E-state index in [4.69, 9.17) is 5.90 Å². The Morgan fingerprint density at radius 3 is 2.57 bits per heavy atom. The summed E-state index contributed by atoms with van der Waals surface area (Å²) in [5.41, 5.74) is 0. The summed E-state index contributed by atoms with van der Waals surface area (Å²) in [7, 11) is 0. The predicted octanol–water partition coefficient (Wildman–Crippen LogP) is 2.11. The van der Waals surface area contributed by atoms with E-state index in [2.05, 4.69) is 17.1 Å². The van der Waals surface area contributed by atoms with E-state index in [9.17, 15) is 14.4 Å². The zero-order chi connectivity index (χ0) is 17.2. The molecule has 1 amide bonds. The Bertz CT molecular complexity index is 411. The number of Topliss-reactive ketones (excluding diaryl/α,β-unsaturated/α-hetero) is 1. The summed E-state index contributed by atoms with van der Waals surface area (Å²) in [4.78, 5) is 40.7. The Kier molecular flexibility index (Phi) is 8.84. The summed E-state index contributed by atoms with van der Waals surface area (Å²) in [6, 6.07) is 0. The summed E-state index contributed by atoms with van der Waals surface area (Å²) < 4.78 is 0. The third-order valence-corrected chi connectivity index (χ3v) is 4.73. The lowest BCUT2D eigenvalue weighted by molar-refractivity contribution is -0.154. The van der Waals surface area contributed by atoms with Gasteiger partial charge < -0.3 is 10.2 Å². The van der Waals surface area contributed by atoms with Gasteiger partial charge in [-0.05, 0) is 25.7 Å². The van der Waals surface area contributed by atoms with Crippen LogP contribution in [0.2, 0.25) is 0 Å². The van der Waals surface area contributed by atoms with Gasteiger partial charge in [0.25, 0.3) is 0 Å². The maximum Gasteiger partial charge on any atom is 0.334 e. The van der Waals surface area contributed by atoms with Crippen LogP contribution in [0.25, 0.3) is 0 Å². The minimum absolute atomic E-state index is 0.0939. The summed E-state index contributed by atoms with van der Waals surface area (Å²) in [6.45, 7) is 4.69. The van der Waals surface area contributed by atoms with Crippen LogP contribution in [0, 0.1) is 17.8 Å². The molecule has 1 rings (SSSR count). The molecule has 1 saturated heterocycles. The van der Waals surface area contributed by atoms with Crippen LogP contribution in [0.4, 0.5) is 0 Å². The molecule has 0 spiro atoms. The molecule has 1 fully saturated rings. The van der Waals surface area contributed by atoms with Crippen LogP contribution in [0.5, 0.6) is 0 Å². The predicted molar refractivity (Wildman–Crippen MR) is 87.1 cm³/mol. The highest BCUT2D eigenvalue weighted by Crippen LogP contribution is 2.26. The van der Waals surface area contributed by atoms with Gasteiger partial charge in [-0.2, -0.15) is 5.90 Å². The molecule has 0 aliphatic carbocycles. The molecule has 0 aromatic carbocycles. The van der Waals surface area contributed by atoms with Crippen LogP contribution in [-0.2, 0) is 19.2 Å². The van der Waals surface area contributed by atoms with Crippen molar-refractivity contribution in [2.24, 2.45) is 23.7 Å². The highest BCUT2D eigenvalue weighted by Gasteiger charge is 2.37. The van der Waals surface area contributed by atoms with E-state index >= 15 is 0 Å². The third-order valence-electron chi connectivity index (χ3n) is 4.73. The fourth-order valence-electron chi connectivity index (χ4n) is 3.21. The van der Waals surface area contributed by atoms with Crippen molar-refractivity contribution in [3.05, 3.63) is 0 Å². The summed E-state index contributed by atoms with van der Waals surface area (Å²) in [5, 5.41) is 2.73. The van der Waals surface area contributed by atoms with Crippen molar-refractivity contribution in [2.75, 3.05) is 6.54 Å². The second-order valence-corrected chi connectivity index (χ2v) is 6.36. The van der Waals surface area contributed by atoms with Crippen molar-refractivity contribution in [1.29, 1.82) is 0 Å². The number of carbonyl (C=O) groups excluding carboxylic acids is 3. The Labute approximate surface area is 138 Å². The highest BCUT2D eigenvalue weighted by molar-refractivity contribution is 6.00. The SMILES string of the molecule is CCCCCCC(CC)C(=O)C(C[C@H]1CCNC1=O)C(=O)ON. The largest absolute Gasteiger partial charge is 0.373 e. The standard InChI is InChI=1S/C17H30N2O4/c1-3-5-6-7-8-12(4-2)15(20)14(17(22)23-18)11-13-9-10-19-16(13)21/h12-14H,3-11,18H2,1-2H3,(H,19,21)/t12?,13-,14?/m1/s1. The first-order valence-electron chi connectivity index (χ1n) is 8.77. The molecule has 2 unspecified atom stereocenters. The van der Waals surface area contributed by atoms with Gasteiger partial charge in [0.2, 0.25) is 5.91 Å². The monoisotopic (exact) mass is 326 g/mol. The normalized spacial score (nSPS) is 20.0. The van der Waals surface area contributed by atoms with Gasteiger partial charge in [-0.15, -0.1) is 0 Å². The number of amides is 1. The molecule has 6 nitrogen and oxygen atoms in total. The Hall–Kier alpha value is -1.43. The average molecular weight is 326 g/mol. The van der Waals surface area contributed by atoms with Crippen LogP contribution in [0.15, 0.2) is 0 Å². The van der Waals surface area contributed by atoms with Crippen molar-refractivity contribution in [1.82, 2.24) is 5.32 Å². The summed E-state index contributed by atoms with van der Waals surface area (Å²) >= 11 is 0. The van der Waals surface area contributed by atoms with Crippen LogP contribution in [0.1, 0.15) is 65.2 Å². The molecule has 3 N–H and O–H groups in total. The number of nitrogens with one attached hydrogen (secondary N) is 1. The van der Waals surface area contributed by atoms with Gasteiger partial charge in [0.05, 0.1) is 0 Å². The van der Waals surface area contributed by atoms with Gasteiger partial charge in [0, 0.05) is 18.4 Å². The Morgan fingerprint density at radius 1 is 1.30 bits per heavy atom. The molecule has 6 heteroatoms. The molecule has 132 valence electrons. The molecule has 1 heterocycles. The molecule has 0 bridgehead atoms. The average Bonchev–Trinajstić information content (AvgIpc) is 2.96. The van der Waals surface area contributed by atoms with Crippen LogP contribution < -0.4 is 11.2 Å². The highest BCUT2D eigenvalue weighted by atomic mass is 16.7. The first-order chi connectivity index (χ1) is 11.0. The molecule has 3 atom stereocenters. The molecule has 0 saturated carbocycles. The zero-order valence-electron chi connectivity index (χ0n) is 14.3. The minimum Gasteiger partial charge on any atom is -0.373 e. The maximum absolute atomic E-state index is 12.7. The zero-order valence-corrected chi connectivity index (χ0v) is 14.3. The van der Waals surface area contributed by atoms with Crippen LogP contribution in [0.3, 0.4) is 0 Å². The fourth-order valence-corrected chi connectivity index (χ4v) is 3.21. The lowest BCUT2D eigenvalue weighted by Crippen LogP contribution is -2.35. The van der Waals surface area contributed by atoms with E-state index in [1.165, 1.54) is 0 Å². The molecular weight excluding hydrogens is 296 g/mol. The third kappa shape index (κ3) is 5.94. The molecule has 23 heavy (non-hydrogen) atoms. The van der Waals surface area contributed by atoms with Gasteiger partial charge in [0.1, 0.15) is 11.7 Å². The second kappa shape index (κ2) is 10.4. The molecule has 0 aromatic heterocycles. The lowest BCUT2D eigenvalue weighted by atomic mass is 9.82. The number of unbranched alkanes of at least 4 members (excludes halogenated alkanes) is 3. The number of nitrogens with two attached hydrogens (primary N) is 1. The second-order valence-electron chi connectivity index (χ2n) is 6.36. The molecular formula is C17H30N2O4. The van der Waals surface area contributed by atoms with Gasteiger partial charge >= 0.3 is 5.97 Å². The van der Waals surface area contributed by atoms with E-state index in [1.807, 2.05) is 6.92 Å². The number of ketones is 1. The summed E-state index contributed by atoms with van der Waals surface area (Å²) in [5.74, 6) is 2.66. The van der Waals surface area contributed by atoms with E-state index in [-0.39, 0.29) is 29.9 Å². The van der Waals surface area contributed by atoms with Crippen molar-refractivity contribution in [2.45, 2.75) is 65.2 Å². The maximum atomic E-state index is 12.7. The number of hydrogen-bond donors (Lipinski definition) is 2. The topological polar surface area (TPSA) is 98.5 Å². The number of rotatable bonds is 11. The van der Waals surface area contributed by atoms with E-state index < -0.39 is 11.9 Å². The van der Waals surface area contributed by atoms with Gasteiger partial charge in [-0.25, -0.2) is 4.79 Å². The molecule has 0 aromatic rings. The fraction of sp³-hybridized carbons (Fsp3) is 0.824. The Balaban J connectivity index is 2.68. The lowest BCUT2D eigenvalue weighted by Gasteiger charge is -2.21. The van der Waals surface area contributed by atoms with Crippen molar-refractivity contribution < 1.29 is 19.2 Å². The van der Waals surface area contributed by atoms with Crippen molar-refractivity contribution >= 4 is 17.7 Å². The van der Waals surface area contributed by atoms with Gasteiger partial charge in [-0.1, -0.05) is 39.5 Å². The Morgan fingerprint density at radius 2 is 2.04 bits per heavy atom. The molecule has 1 aliphatic heterocycles. The minimum atomic E-state index is -0.926. The smallest absolute Gasteiger partial charge is 0.334 e. The first-order valence-corrected chi connectivity index (χ1v) is 8.77. The van der Waals surface area contributed by atoms with Crippen LogP contribution in [-0.4, -0.2) is 24.2 Å².